The van der Waals surface area contributed by atoms with Crippen LogP contribution in [0.25, 0.3) is 11.0 Å². The second-order valence-electron chi connectivity index (χ2n) is 7.75. The molecule has 0 aliphatic carbocycles. The lowest BCUT2D eigenvalue weighted by Gasteiger charge is -2.31. The highest BCUT2D eigenvalue weighted by molar-refractivity contribution is 5.76. The molecule has 0 bridgehead atoms. The number of amides is 2. The van der Waals surface area contributed by atoms with Gasteiger partial charge in [0.15, 0.2) is 0 Å². The topological polar surface area (TPSA) is 64.3 Å². The average molecular weight is 347 g/mol. The number of benzene rings is 1. The van der Waals surface area contributed by atoms with Crippen molar-refractivity contribution in [3.8, 4) is 0 Å². The predicted molar refractivity (Wildman–Crippen MR) is 95.8 cm³/mol. The Kier molecular flexibility index (Phi) is 4.69. The van der Waals surface area contributed by atoms with E-state index in [9.17, 15) is 9.18 Å². The molecule has 1 unspecified atom stereocenters. The van der Waals surface area contributed by atoms with Crippen molar-refractivity contribution in [3.05, 3.63) is 29.8 Å². The van der Waals surface area contributed by atoms with Gasteiger partial charge in [-0.15, -0.1) is 0 Å². The van der Waals surface area contributed by atoms with Crippen LogP contribution in [0.4, 0.5) is 9.18 Å². The summed E-state index contributed by atoms with van der Waals surface area (Å²) >= 11 is 0. The van der Waals surface area contributed by atoms with Gasteiger partial charge in [-0.25, -0.2) is 14.2 Å². The van der Waals surface area contributed by atoms with Gasteiger partial charge in [-0.05, 0) is 45.4 Å². The molecule has 2 heterocycles. The van der Waals surface area contributed by atoms with Crippen molar-refractivity contribution in [1.82, 2.24) is 25.1 Å². The van der Waals surface area contributed by atoms with Crippen LogP contribution < -0.4 is 5.32 Å². The van der Waals surface area contributed by atoms with Crippen LogP contribution in [0.15, 0.2) is 18.2 Å². The van der Waals surface area contributed by atoms with Crippen molar-refractivity contribution in [3.63, 3.8) is 0 Å². The molecule has 1 aliphatic heterocycles. The number of hydrogen-bond acceptors (Lipinski definition) is 3. The Labute approximate surface area is 147 Å². The molecule has 0 spiro atoms. The number of H-pyrrole nitrogens is 1. The number of halogens is 1. The zero-order valence-corrected chi connectivity index (χ0v) is 15.3. The van der Waals surface area contributed by atoms with E-state index in [2.05, 4.69) is 41.0 Å². The van der Waals surface area contributed by atoms with Crippen LogP contribution in [0.1, 0.15) is 33.0 Å². The van der Waals surface area contributed by atoms with Gasteiger partial charge in [0.1, 0.15) is 11.6 Å². The number of nitrogens with zero attached hydrogens (tertiary/aromatic N) is 3. The molecular weight excluding hydrogens is 321 g/mol. The fourth-order valence-corrected chi connectivity index (χ4v) is 3.18. The molecule has 1 fully saturated rings. The van der Waals surface area contributed by atoms with Crippen LogP contribution in [-0.2, 0) is 6.54 Å². The summed E-state index contributed by atoms with van der Waals surface area (Å²) in [5.74, 6) is 0.333. The predicted octanol–water partition coefficient (Wildman–Crippen LogP) is 2.72. The largest absolute Gasteiger partial charge is 0.340 e. The van der Waals surface area contributed by atoms with E-state index in [0.717, 1.165) is 19.5 Å². The lowest BCUT2D eigenvalue weighted by atomic mass is 10.1. The second kappa shape index (κ2) is 6.63. The summed E-state index contributed by atoms with van der Waals surface area (Å²) in [6, 6.07) is 4.46. The third kappa shape index (κ3) is 4.10. The standard InChI is InChI=1S/C18H26FN5O/c1-18(2,3)24-8-7-13(10-24)20-17(25)23(4)11-16-21-14-6-5-12(19)9-15(14)22-16/h5-6,9,13H,7-8,10-11H2,1-4H3,(H,20,25)(H,21,22). The van der Waals surface area contributed by atoms with Gasteiger partial charge in [-0.2, -0.15) is 0 Å². The van der Waals surface area contributed by atoms with Crippen molar-refractivity contribution in [2.45, 2.75) is 45.3 Å². The first-order chi connectivity index (χ1) is 11.7. The van der Waals surface area contributed by atoms with Crippen LogP contribution in [0, 0.1) is 5.82 Å². The van der Waals surface area contributed by atoms with Crippen molar-refractivity contribution in [2.75, 3.05) is 20.1 Å². The van der Waals surface area contributed by atoms with Gasteiger partial charge < -0.3 is 15.2 Å². The first-order valence-corrected chi connectivity index (χ1v) is 8.63. The molecular formula is C18H26FN5O. The number of hydrogen-bond donors (Lipinski definition) is 2. The number of nitrogens with one attached hydrogen (secondary N) is 2. The molecule has 1 aromatic heterocycles. The number of aromatic nitrogens is 2. The van der Waals surface area contributed by atoms with Crippen LogP contribution >= 0.6 is 0 Å². The Morgan fingerprint density at radius 1 is 1.48 bits per heavy atom. The summed E-state index contributed by atoms with van der Waals surface area (Å²) in [6.07, 6.45) is 0.959. The minimum atomic E-state index is -0.307. The number of fused-ring (bicyclic) bond motifs is 1. The van der Waals surface area contributed by atoms with Gasteiger partial charge in [-0.3, -0.25) is 4.90 Å². The fourth-order valence-electron chi connectivity index (χ4n) is 3.18. The molecule has 1 saturated heterocycles. The number of aromatic amines is 1. The number of imidazole rings is 1. The Bertz CT molecular complexity index is 766. The number of carbonyl (C=O) groups is 1. The molecule has 2 amide bonds. The van der Waals surface area contributed by atoms with Gasteiger partial charge in [-0.1, -0.05) is 0 Å². The van der Waals surface area contributed by atoms with Gasteiger partial charge in [0.2, 0.25) is 0 Å². The Hall–Kier alpha value is -2.15. The quantitative estimate of drug-likeness (QED) is 0.897. The molecule has 1 aliphatic rings. The fraction of sp³-hybridized carbons (Fsp3) is 0.556. The lowest BCUT2D eigenvalue weighted by molar-refractivity contribution is 0.168. The number of carbonyl (C=O) groups excluding carboxylic acids is 1. The van der Waals surface area contributed by atoms with Crippen LogP contribution in [0.5, 0.6) is 0 Å². The van der Waals surface area contributed by atoms with E-state index in [0.29, 0.717) is 23.4 Å². The third-order valence-electron chi connectivity index (χ3n) is 4.69. The van der Waals surface area contributed by atoms with Crippen molar-refractivity contribution >= 4 is 17.1 Å². The Balaban J connectivity index is 1.57. The smallest absolute Gasteiger partial charge is 0.317 e. The second-order valence-corrected chi connectivity index (χ2v) is 7.75. The van der Waals surface area contributed by atoms with E-state index in [-0.39, 0.29) is 23.4 Å². The third-order valence-corrected chi connectivity index (χ3v) is 4.69. The minimum Gasteiger partial charge on any atom is -0.340 e. The average Bonchev–Trinajstić information content (AvgIpc) is 3.12. The highest BCUT2D eigenvalue weighted by Gasteiger charge is 2.31. The molecule has 1 atom stereocenters. The highest BCUT2D eigenvalue weighted by atomic mass is 19.1. The number of urea groups is 1. The molecule has 25 heavy (non-hydrogen) atoms. The summed E-state index contributed by atoms with van der Waals surface area (Å²) in [4.78, 5) is 23.9. The maximum absolute atomic E-state index is 13.3. The Morgan fingerprint density at radius 2 is 2.24 bits per heavy atom. The summed E-state index contributed by atoms with van der Waals surface area (Å²) < 4.78 is 13.3. The molecule has 0 saturated carbocycles. The van der Waals surface area contributed by atoms with E-state index in [1.807, 2.05) is 0 Å². The summed E-state index contributed by atoms with van der Waals surface area (Å²) in [6.45, 7) is 8.77. The van der Waals surface area contributed by atoms with Crippen LogP contribution in [0.3, 0.4) is 0 Å². The van der Waals surface area contributed by atoms with Crippen molar-refractivity contribution in [2.24, 2.45) is 0 Å². The normalized spacial score (nSPS) is 18.7. The first-order valence-electron chi connectivity index (χ1n) is 8.63. The van der Waals surface area contributed by atoms with Gasteiger partial charge >= 0.3 is 6.03 Å². The minimum absolute atomic E-state index is 0.118. The van der Waals surface area contributed by atoms with Crippen molar-refractivity contribution in [1.29, 1.82) is 0 Å². The maximum atomic E-state index is 13.3. The molecule has 7 heteroatoms. The molecule has 2 N–H and O–H groups in total. The number of rotatable bonds is 3. The molecule has 6 nitrogen and oxygen atoms in total. The Morgan fingerprint density at radius 3 is 2.92 bits per heavy atom. The monoisotopic (exact) mass is 347 g/mol. The van der Waals surface area contributed by atoms with E-state index in [1.165, 1.54) is 12.1 Å². The first kappa shape index (κ1) is 17.7. The van der Waals surface area contributed by atoms with Crippen molar-refractivity contribution < 1.29 is 9.18 Å². The summed E-state index contributed by atoms with van der Waals surface area (Å²) in [7, 11) is 1.74. The molecule has 136 valence electrons. The van der Waals surface area contributed by atoms with Crippen LogP contribution in [-0.4, -0.2) is 57.5 Å². The van der Waals surface area contributed by atoms with Gasteiger partial charge in [0, 0.05) is 31.7 Å². The van der Waals surface area contributed by atoms with Gasteiger partial charge in [0.05, 0.1) is 17.6 Å². The maximum Gasteiger partial charge on any atom is 0.317 e. The molecule has 0 radical (unpaired) electrons. The van der Waals surface area contributed by atoms with E-state index in [1.54, 1.807) is 18.0 Å². The SMILES string of the molecule is CN(Cc1nc2ccc(F)cc2[nH]1)C(=O)NC1CCN(C(C)(C)C)C1. The highest BCUT2D eigenvalue weighted by Crippen LogP contribution is 2.20. The van der Waals surface area contributed by atoms with E-state index >= 15 is 0 Å². The molecule has 3 rings (SSSR count). The molecule has 2 aromatic rings. The zero-order valence-electron chi connectivity index (χ0n) is 15.3. The van der Waals surface area contributed by atoms with E-state index < -0.39 is 0 Å². The van der Waals surface area contributed by atoms with E-state index in [4.69, 9.17) is 0 Å². The number of likely N-dealkylation sites (tertiary alicyclic amines) is 1. The summed E-state index contributed by atoms with van der Waals surface area (Å²) in [5, 5.41) is 3.09. The van der Waals surface area contributed by atoms with Crippen LogP contribution in [0.2, 0.25) is 0 Å². The lowest BCUT2D eigenvalue weighted by Crippen LogP contribution is -2.46. The summed E-state index contributed by atoms with van der Waals surface area (Å²) in [5.41, 5.74) is 1.46. The van der Waals surface area contributed by atoms with Gasteiger partial charge in [0.25, 0.3) is 0 Å². The zero-order chi connectivity index (χ0) is 18.2. The molecule has 1 aromatic carbocycles.